The molecule has 43 heavy (non-hydrogen) atoms. The summed E-state index contributed by atoms with van der Waals surface area (Å²) < 4.78 is 0. The highest BCUT2D eigenvalue weighted by atomic mass is 15.2. The van der Waals surface area contributed by atoms with E-state index in [0.717, 1.165) is 11.2 Å². The highest BCUT2D eigenvalue weighted by Crippen LogP contribution is 2.52. The minimum absolute atomic E-state index is 0.170. The van der Waals surface area contributed by atoms with Crippen molar-refractivity contribution in [1.82, 2.24) is 9.97 Å². The molecule has 3 heteroatoms. The van der Waals surface area contributed by atoms with Crippen LogP contribution in [0.2, 0.25) is 0 Å². The maximum atomic E-state index is 4.87. The lowest BCUT2D eigenvalue weighted by Gasteiger charge is -2.32. The Morgan fingerprint density at radius 3 is 2.09 bits per heavy atom. The zero-order chi connectivity index (χ0) is 28.3. The molecule has 0 spiro atoms. The first kappa shape index (κ1) is 24.1. The summed E-state index contributed by atoms with van der Waals surface area (Å²) >= 11 is 0. The van der Waals surface area contributed by atoms with Gasteiger partial charge in [0.2, 0.25) is 0 Å². The van der Waals surface area contributed by atoms with Gasteiger partial charge in [-0.25, -0.2) is 0 Å². The van der Waals surface area contributed by atoms with Gasteiger partial charge >= 0.3 is 0 Å². The third kappa shape index (κ3) is 3.68. The monoisotopic (exact) mass is 549 g/mol. The number of fused-ring (bicyclic) bond motifs is 7. The summed E-state index contributed by atoms with van der Waals surface area (Å²) in [5.41, 5.74) is 12.1. The predicted molar refractivity (Wildman–Crippen MR) is 178 cm³/mol. The van der Waals surface area contributed by atoms with Gasteiger partial charge in [0.25, 0.3) is 0 Å². The van der Waals surface area contributed by atoms with Gasteiger partial charge in [0.1, 0.15) is 0 Å². The van der Waals surface area contributed by atoms with Gasteiger partial charge in [0.15, 0.2) is 0 Å². The second kappa shape index (κ2) is 9.50. The first-order chi connectivity index (χ1) is 21.3. The van der Waals surface area contributed by atoms with Crippen LogP contribution in [0.5, 0.6) is 0 Å². The van der Waals surface area contributed by atoms with Gasteiger partial charge in [-0.3, -0.25) is 9.97 Å². The van der Waals surface area contributed by atoms with Crippen LogP contribution in [0, 0.1) is 0 Å². The van der Waals surface area contributed by atoms with Crippen molar-refractivity contribution >= 4 is 39.1 Å². The number of rotatable bonds is 3. The Labute approximate surface area is 250 Å². The van der Waals surface area contributed by atoms with Crippen molar-refractivity contribution in [2.75, 3.05) is 4.90 Å². The second-order valence-corrected chi connectivity index (χ2v) is 11.4. The van der Waals surface area contributed by atoms with Gasteiger partial charge in [-0.2, -0.15) is 0 Å². The van der Waals surface area contributed by atoms with E-state index >= 15 is 0 Å². The van der Waals surface area contributed by atoms with E-state index < -0.39 is 0 Å². The molecule has 7 aromatic rings. The predicted octanol–water partition coefficient (Wildman–Crippen LogP) is 9.80. The molecule has 1 aliphatic heterocycles. The van der Waals surface area contributed by atoms with E-state index in [2.05, 4.69) is 137 Å². The summed E-state index contributed by atoms with van der Waals surface area (Å²) in [6, 6.07) is 46.0. The molecule has 0 saturated heterocycles. The van der Waals surface area contributed by atoms with Crippen molar-refractivity contribution in [3.63, 3.8) is 0 Å². The Hall–Kier alpha value is -5.54. The molecule has 2 aromatic heterocycles. The molecular formula is C40H27N3. The molecule has 1 aliphatic carbocycles. The molecular weight excluding hydrogens is 522 g/mol. The van der Waals surface area contributed by atoms with E-state index in [1.54, 1.807) is 0 Å². The number of pyridine rings is 2. The van der Waals surface area contributed by atoms with Crippen LogP contribution in [0.4, 0.5) is 11.4 Å². The molecule has 2 atom stereocenters. The first-order valence-electron chi connectivity index (χ1n) is 14.8. The molecule has 2 aliphatic rings. The number of aromatic nitrogens is 2. The summed E-state index contributed by atoms with van der Waals surface area (Å²) in [6.07, 6.45) is 8.42. The number of hydrogen-bond donors (Lipinski definition) is 0. The Morgan fingerprint density at radius 2 is 1.23 bits per heavy atom. The summed E-state index contributed by atoms with van der Waals surface area (Å²) in [4.78, 5) is 11.9. The largest absolute Gasteiger partial charge is 0.333 e. The number of para-hydroxylation sites is 2. The van der Waals surface area contributed by atoms with Crippen LogP contribution in [0.25, 0.3) is 50.0 Å². The Balaban J connectivity index is 1.16. The maximum absolute atomic E-state index is 4.87. The molecule has 3 nitrogen and oxygen atoms in total. The lowest BCUT2D eigenvalue weighted by Crippen LogP contribution is -2.31. The Morgan fingerprint density at radius 1 is 0.512 bits per heavy atom. The lowest BCUT2D eigenvalue weighted by atomic mass is 9.84. The molecule has 0 saturated carbocycles. The fraction of sp³-hybridized carbons (Fsp3) is 0.0500. The SMILES string of the molecule is C1=CC2C(c3ccccc3N2c2ccc(-c3ccc(-c4ccnc5ccccc45)cc3)c3ccccc23)c2ncccc21. The fourth-order valence-electron chi connectivity index (χ4n) is 7.22. The molecule has 0 bridgehead atoms. The summed E-state index contributed by atoms with van der Waals surface area (Å²) in [6.45, 7) is 0. The van der Waals surface area contributed by atoms with Gasteiger partial charge in [-0.05, 0) is 69.1 Å². The summed E-state index contributed by atoms with van der Waals surface area (Å²) in [5, 5.41) is 3.67. The van der Waals surface area contributed by atoms with Gasteiger partial charge in [-0.15, -0.1) is 0 Å². The molecule has 0 radical (unpaired) electrons. The van der Waals surface area contributed by atoms with E-state index in [1.807, 2.05) is 24.5 Å². The van der Waals surface area contributed by atoms with Crippen LogP contribution in [0.1, 0.15) is 22.7 Å². The third-order valence-electron chi connectivity index (χ3n) is 9.13. The van der Waals surface area contributed by atoms with Gasteiger partial charge in [0.05, 0.1) is 23.2 Å². The van der Waals surface area contributed by atoms with Gasteiger partial charge in [0, 0.05) is 34.5 Å². The normalized spacial score (nSPS) is 16.7. The van der Waals surface area contributed by atoms with E-state index in [1.165, 1.54) is 60.9 Å². The topological polar surface area (TPSA) is 29.0 Å². The molecule has 0 fully saturated rings. The third-order valence-corrected chi connectivity index (χ3v) is 9.13. The smallest absolute Gasteiger partial charge is 0.0708 e. The fourth-order valence-corrected chi connectivity index (χ4v) is 7.22. The molecule has 0 N–H and O–H groups in total. The first-order valence-corrected chi connectivity index (χ1v) is 14.8. The summed E-state index contributed by atoms with van der Waals surface area (Å²) in [7, 11) is 0. The van der Waals surface area contributed by atoms with Gasteiger partial charge in [-0.1, -0.05) is 109 Å². The number of nitrogens with zero attached hydrogens (tertiary/aromatic N) is 3. The van der Waals surface area contributed by atoms with E-state index in [9.17, 15) is 0 Å². The van der Waals surface area contributed by atoms with Crippen LogP contribution in [-0.2, 0) is 0 Å². The molecule has 3 heterocycles. The van der Waals surface area contributed by atoms with E-state index in [-0.39, 0.29) is 12.0 Å². The minimum atomic E-state index is 0.170. The molecule has 9 rings (SSSR count). The van der Waals surface area contributed by atoms with Crippen LogP contribution >= 0.6 is 0 Å². The highest BCUT2D eigenvalue weighted by Gasteiger charge is 2.42. The second-order valence-electron chi connectivity index (χ2n) is 11.4. The Bertz CT molecular complexity index is 2210. The Kier molecular flexibility index (Phi) is 5.32. The molecule has 5 aromatic carbocycles. The van der Waals surface area contributed by atoms with Crippen LogP contribution < -0.4 is 4.90 Å². The summed E-state index contributed by atoms with van der Waals surface area (Å²) in [5.74, 6) is 0.202. The van der Waals surface area contributed by atoms with Crippen molar-refractivity contribution in [2.24, 2.45) is 0 Å². The van der Waals surface area contributed by atoms with Crippen molar-refractivity contribution in [2.45, 2.75) is 12.0 Å². The number of hydrogen-bond acceptors (Lipinski definition) is 3. The average molecular weight is 550 g/mol. The lowest BCUT2D eigenvalue weighted by molar-refractivity contribution is 0.704. The van der Waals surface area contributed by atoms with Crippen LogP contribution in [0.15, 0.2) is 146 Å². The maximum Gasteiger partial charge on any atom is 0.0708 e. The van der Waals surface area contributed by atoms with Crippen molar-refractivity contribution in [3.05, 3.63) is 163 Å². The quantitative estimate of drug-likeness (QED) is 0.220. The van der Waals surface area contributed by atoms with Crippen molar-refractivity contribution < 1.29 is 0 Å². The van der Waals surface area contributed by atoms with Crippen molar-refractivity contribution in [3.8, 4) is 22.3 Å². The van der Waals surface area contributed by atoms with Gasteiger partial charge < -0.3 is 4.90 Å². The van der Waals surface area contributed by atoms with Crippen LogP contribution in [-0.4, -0.2) is 16.0 Å². The molecule has 202 valence electrons. The molecule has 0 amide bonds. The average Bonchev–Trinajstić information content (AvgIpc) is 3.42. The van der Waals surface area contributed by atoms with E-state index in [0.29, 0.717) is 0 Å². The van der Waals surface area contributed by atoms with Crippen LogP contribution in [0.3, 0.4) is 0 Å². The number of anilines is 2. The van der Waals surface area contributed by atoms with E-state index in [4.69, 9.17) is 4.98 Å². The zero-order valence-corrected chi connectivity index (χ0v) is 23.4. The zero-order valence-electron chi connectivity index (χ0n) is 23.4. The standard InChI is InChI=1S/C40H27N3/c1-2-11-33-31(9-1)29(26-15-17-27(18-16-26)30-23-25-41-35-13-5-3-10-32(30)35)20-22-37(33)43-36-14-6-4-12-34(36)39-38(43)21-19-28-8-7-24-42-40(28)39/h1-25,38-39H. The highest BCUT2D eigenvalue weighted by molar-refractivity contribution is 6.06. The van der Waals surface area contributed by atoms with Crippen molar-refractivity contribution in [1.29, 1.82) is 0 Å². The molecule has 2 unspecified atom stereocenters. The minimum Gasteiger partial charge on any atom is -0.333 e. The number of benzene rings is 5.